The Morgan fingerprint density at radius 2 is 2.19 bits per heavy atom. The Morgan fingerprint density at radius 3 is 2.81 bits per heavy atom. The Bertz CT molecular complexity index is 385. The topological polar surface area (TPSA) is 22.1 Å². The summed E-state index contributed by atoms with van der Waals surface area (Å²) in [6, 6.07) is 2.21. The van der Waals surface area contributed by atoms with Crippen molar-refractivity contribution in [3.8, 4) is 5.75 Å². The second kappa shape index (κ2) is 4.44. The van der Waals surface area contributed by atoms with E-state index in [1.807, 2.05) is 6.92 Å². The van der Waals surface area contributed by atoms with Crippen LogP contribution in [0, 0.1) is 12.8 Å². The minimum absolute atomic E-state index is 0.658. The van der Waals surface area contributed by atoms with Crippen molar-refractivity contribution < 1.29 is 4.74 Å². The second-order valence-electron chi connectivity index (χ2n) is 5.05. The lowest BCUT2D eigenvalue weighted by molar-refractivity contribution is 0.396. The summed E-state index contributed by atoms with van der Waals surface area (Å²) in [7, 11) is 1.73. The zero-order chi connectivity index (χ0) is 11.7. The van der Waals surface area contributed by atoms with Crippen LogP contribution in [0.25, 0.3) is 0 Å². The van der Waals surface area contributed by atoms with Gasteiger partial charge in [-0.3, -0.25) is 4.98 Å². The van der Waals surface area contributed by atoms with Crippen LogP contribution in [0.15, 0.2) is 6.07 Å². The molecule has 0 spiro atoms. The van der Waals surface area contributed by atoms with Crippen LogP contribution in [-0.4, -0.2) is 12.1 Å². The van der Waals surface area contributed by atoms with Gasteiger partial charge in [0.25, 0.3) is 0 Å². The van der Waals surface area contributed by atoms with Crippen molar-refractivity contribution in [3.63, 3.8) is 0 Å². The van der Waals surface area contributed by atoms with Gasteiger partial charge in [-0.2, -0.15) is 0 Å². The van der Waals surface area contributed by atoms with Crippen LogP contribution in [0.3, 0.4) is 0 Å². The molecule has 2 nitrogen and oxygen atoms in total. The summed E-state index contributed by atoms with van der Waals surface area (Å²) in [4.78, 5) is 4.69. The van der Waals surface area contributed by atoms with Crippen LogP contribution in [0.4, 0.5) is 0 Å². The van der Waals surface area contributed by atoms with Crippen LogP contribution in [-0.2, 0) is 6.42 Å². The number of ether oxygens (including phenoxy) is 1. The summed E-state index contributed by atoms with van der Waals surface area (Å²) >= 11 is 0. The van der Waals surface area contributed by atoms with Crippen LogP contribution >= 0.6 is 0 Å². The maximum absolute atomic E-state index is 5.38. The Morgan fingerprint density at radius 1 is 1.44 bits per heavy atom. The number of hydrogen-bond acceptors (Lipinski definition) is 2. The Labute approximate surface area is 98.0 Å². The molecule has 2 rings (SSSR count). The minimum atomic E-state index is 0.658. The predicted octanol–water partition coefficient (Wildman–Crippen LogP) is 3.47. The third-order valence-corrected chi connectivity index (χ3v) is 3.63. The molecule has 88 valence electrons. The third-order valence-electron chi connectivity index (χ3n) is 3.63. The molecule has 1 unspecified atom stereocenters. The van der Waals surface area contributed by atoms with Gasteiger partial charge in [-0.15, -0.1) is 0 Å². The van der Waals surface area contributed by atoms with E-state index in [4.69, 9.17) is 9.72 Å². The van der Waals surface area contributed by atoms with Crippen molar-refractivity contribution in [3.05, 3.63) is 23.0 Å². The van der Waals surface area contributed by atoms with Crippen molar-refractivity contribution in [2.24, 2.45) is 5.92 Å². The van der Waals surface area contributed by atoms with Gasteiger partial charge >= 0.3 is 0 Å². The summed E-state index contributed by atoms with van der Waals surface area (Å²) in [6.45, 7) is 6.62. The highest BCUT2D eigenvalue weighted by Gasteiger charge is 2.25. The average Bonchev–Trinajstić information content (AvgIpc) is 2.26. The van der Waals surface area contributed by atoms with Crippen molar-refractivity contribution in [2.75, 3.05) is 7.11 Å². The van der Waals surface area contributed by atoms with E-state index in [1.165, 1.54) is 24.1 Å². The van der Waals surface area contributed by atoms with Gasteiger partial charge in [-0.05, 0) is 49.7 Å². The standard InChI is InChI=1S/C14H21NO/c1-9(2)11-6-5-7-13-12(11)8-14(16-4)10(3)15-13/h8-9,11H,5-7H2,1-4H3. The zero-order valence-electron chi connectivity index (χ0n) is 10.7. The SMILES string of the molecule is COc1cc2c(nc1C)CCCC2C(C)C. The molecule has 0 aromatic carbocycles. The van der Waals surface area contributed by atoms with E-state index in [0.29, 0.717) is 11.8 Å². The first kappa shape index (κ1) is 11.4. The number of rotatable bonds is 2. The summed E-state index contributed by atoms with van der Waals surface area (Å²) in [6.07, 6.45) is 3.69. The number of fused-ring (bicyclic) bond motifs is 1. The molecular formula is C14H21NO. The van der Waals surface area contributed by atoms with E-state index >= 15 is 0 Å². The first-order valence-electron chi connectivity index (χ1n) is 6.18. The van der Waals surface area contributed by atoms with Crippen LogP contribution in [0.1, 0.15) is 49.6 Å². The zero-order valence-corrected chi connectivity index (χ0v) is 10.7. The summed E-state index contributed by atoms with van der Waals surface area (Å²) in [5.74, 6) is 2.28. The van der Waals surface area contributed by atoms with Gasteiger partial charge in [-0.25, -0.2) is 0 Å². The third kappa shape index (κ3) is 1.93. The number of aryl methyl sites for hydroxylation is 2. The molecule has 1 heterocycles. The van der Waals surface area contributed by atoms with E-state index in [-0.39, 0.29) is 0 Å². The average molecular weight is 219 g/mol. The lowest BCUT2D eigenvalue weighted by atomic mass is 9.79. The molecule has 0 saturated carbocycles. The molecule has 0 fully saturated rings. The Balaban J connectivity index is 2.46. The molecule has 0 N–H and O–H groups in total. The van der Waals surface area contributed by atoms with E-state index < -0.39 is 0 Å². The molecule has 1 atom stereocenters. The van der Waals surface area contributed by atoms with Gasteiger partial charge in [-0.1, -0.05) is 13.8 Å². The molecule has 1 aromatic heterocycles. The van der Waals surface area contributed by atoms with E-state index in [0.717, 1.165) is 17.9 Å². The highest BCUT2D eigenvalue weighted by Crippen LogP contribution is 2.38. The summed E-state index contributed by atoms with van der Waals surface area (Å²) in [5.41, 5.74) is 3.73. The summed E-state index contributed by atoms with van der Waals surface area (Å²) < 4.78 is 5.38. The maximum Gasteiger partial charge on any atom is 0.140 e. The first-order valence-corrected chi connectivity index (χ1v) is 6.18. The Hall–Kier alpha value is -1.05. The highest BCUT2D eigenvalue weighted by molar-refractivity contribution is 5.38. The smallest absolute Gasteiger partial charge is 0.140 e. The molecule has 0 bridgehead atoms. The summed E-state index contributed by atoms with van der Waals surface area (Å²) in [5, 5.41) is 0. The first-order chi connectivity index (χ1) is 7.63. The number of pyridine rings is 1. The molecule has 0 amide bonds. The lowest BCUT2D eigenvalue weighted by Crippen LogP contribution is -2.16. The lowest BCUT2D eigenvalue weighted by Gasteiger charge is -2.28. The van der Waals surface area contributed by atoms with Crippen LogP contribution in [0.5, 0.6) is 5.75 Å². The molecule has 1 aliphatic carbocycles. The predicted molar refractivity (Wildman–Crippen MR) is 66.0 cm³/mol. The fourth-order valence-electron chi connectivity index (χ4n) is 2.72. The monoisotopic (exact) mass is 219 g/mol. The normalized spacial score (nSPS) is 19.7. The number of hydrogen-bond donors (Lipinski definition) is 0. The quantitative estimate of drug-likeness (QED) is 0.759. The van der Waals surface area contributed by atoms with Crippen LogP contribution < -0.4 is 4.74 Å². The van der Waals surface area contributed by atoms with Gasteiger partial charge in [0.15, 0.2) is 0 Å². The number of nitrogens with zero attached hydrogens (tertiary/aromatic N) is 1. The van der Waals surface area contributed by atoms with Crippen LogP contribution in [0.2, 0.25) is 0 Å². The van der Waals surface area contributed by atoms with Gasteiger partial charge in [0, 0.05) is 5.69 Å². The van der Waals surface area contributed by atoms with E-state index in [2.05, 4.69) is 19.9 Å². The largest absolute Gasteiger partial charge is 0.495 e. The highest BCUT2D eigenvalue weighted by atomic mass is 16.5. The number of aromatic nitrogens is 1. The van der Waals surface area contributed by atoms with Crippen molar-refractivity contribution >= 4 is 0 Å². The maximum atomic E-state index is 5.38. The molecule has 16 heavy (non-hydrogen) atoms. The van der Waals surface area contributed by atoms with E-state index in [1.54, 1.807) is 7.11 Å². The van der Waals surface area contributed by atoms with Crippen molar-refractivity contribution in [1.29, 1.82) is 0 Å². The van der Waals surface area contributed by atoms with Crippen molar-refractivity contribution in [2.45, 2.75) is 46.0 Å². The van der Waals surface area contributed by atoms with E-state index in [9.17, 15) is 0 Å². The molecule has 0 saturated heterocycles. The molecule has 1 aliphatic rings. The molecule has 0 radical (unpaired) electrons. The molecule has 1 aromatic rings. The van der Waals surface area contributed by atoms with Crippen molar-refractivity contribution in [1.82, 2.24) is 4.98 Å². The van der Waals surface area contributed by atoms with Gasteiger partial charge in [0.2, 0.25) is 0 Å². The molecule has 2 heteroatoms. The Kier molecular flexibility index (Phi) is 3.17. The minimum Gasteiger partial charge on any atom is -0.495 e. The molecular weight excluding hydrogens is 198 g/mol. The van der Waals surface area contributed by atoms with Gasteiger partial charge in [0.05, 0.1) is 12.8 Å². The molecule has 0 aliphatic heterocycles. The van der Waals surface area contributed by atoms with Gasteiger partial charge < -0.3 is 4.74 Å². The van der Waals surface area contributed by atoms with Gasteiger partial charge in [0.1, 0.15) is 5.75 Å². The number of methoxy groups -OCH3 is 1. The second-order valence-corrected chi connectivity index (χ2v) is 5.05. The fraction of sp³-hybridized carbons (Fsp3) is 0.643. The fourth-order valence-corrected chi connectivity index (χ4v) is 2.72.